The van der Waals surface area contributed by atoms with E-state index in [9.17, 15) is 4.79 Å². The predicted octanol–water partition coefficient (Wildman–Crippen LogP) is 4.02. The van der Waals surface area contributed by atoms with Gasteiger partial charge in [-0.25, -0.2) is 9.67 Å². The van der Waals surface area contributed by atoms with Crippen LogP contribution >= 0.6 is 11.3 Å². The van der Waals surface area contributed by atoms with Gasteiger partial charge in [0, 0.05) is 11.8 Å². The summed E-state index contributed by atoms with van der Waals surface area (Å²) in [6.07, 6.45) is 11.2. The maximum atomic E-state index is 13.0. The third kappa shape index (κ3) is 2.98. The van der Waals surface area contributed by atoms with Crippen LogP contribution in [0.25, 0.3) is 5.82 Å². The van der Waals surface area contributed by atoms with Crippen LogP contribution in [-0.4, -0.2) is 20.7 Å². The molecule has 5 nitrogen and oxygen atoms in total. The zero-order valence-electron chi connectivity index (χ0n) is 15.1. The van der Waals surface area contributed by atoms with Crippen molar-refractivity contribution >= 4 is 17.2 Å². The molecule has 0 fully saturated rings. The molecule has 1 N–H and O–H groups in total. The molecule has 1 unspecified atom stereocenters. The number of thiophene rings is 1. The van der Waals surface area contributed by atoms with Crippen molar-refractivity contribution < 1.29 is 4.79 Å². The third-order valence-corrected chi connectivity index (χ3v) is 6.73. The molecule has 2 aliphatic rings. The van der Waals surface area contributed by atoms with Crippen molar-refractivity contribution in [2.75, 3.05) is 0 Å². The van der Waals surface area contributed by atoms with E-state index < -0.39 is 0 Å². The molecule has 1 atom stereocenters. The fourth-order valence-electron chi connectivity index (χ4n) is 4.32. The molecule has 1 amide bonds. The van der Waals surface area contributed by atoms with Gasteiger partial charge in [0.15, 0.2) is 5.82 Å². The SMILES string of the molecule is O=C(NC1CCCc2c1cnn2-c1ccccn1)c1scc2c1CCCC2. The highest BCUT2D eigenvalue weighted by Crippen LogP contribution is 2.33. The molecule has 0 bridgehead atoms. The molecule has 3 aromatic heterocycles. The Bertz CT molecular complexity index is 975. The third-order valence-electron chi connectivity index (χ3n) is 5.66. The lowest BCUT2D eigenvalue weighted by Crippen LogP contribution is -2.31. The Hall–Kier alpha value is -2.47. The maximum absolute atomic E-state index is 13.0. The van der Waals surface area contributed by atoms with Crippen LogP contribution in [0.5, 0.6) is 0 Å². The van der Waals surface area contributed by atoms with Crippen molar-refractivity contribution in [1.29, 1.82) is 0 Å². The first-order valence-electron chi connectivity index (χ1n) is 9.69. The fourth-order valence-corrected chi connectivity index (χ4v) is 5.38. The summed E-state index contributed by atoms with van der Waals surface area (Å²) in [4.78, 5) is 18.3. The van der Waals surface area contributed by atoms with E-state index in [1.54, 1.807) is 17.5 Å². The summed E-state index contributed by atoms with van der Waals surface area (Å²) in [7, 11) is 0. The number of fused-ring (bicyclic) bond motifs is 2. The van der Waals surface area contributed by atoms with Crippen LogP contribution < -0.4 is 5.32 Å². The molecule has 138 valence electrons. The van der Waals surface area contributed by atoms with Crippen molar-refractivity contribution in [3.05, 3.63) is 63.2 Å². The summed E-state index contributed by atoms with van der Waals surface area (Å²) < 4.78 is 1.92. The zero-order valence-corrected chi connectivity index (χ0v) is 16.0. The number of rotatable bonds is 3. The normalized spacial score (nSPS) is 18.6. The molecular formula is C21H22N4OS. The van der Waals surface area contributed by atoms with E-state index in [1.807, 2.05) is 29.1 Å². The van der Waals surface area contributed by atoms with Crippen LogP contribution in [0.3, 0.4) is 0 Å². The Balaban J connectivity index is 1.41. The van der Waals surface area contributed by atoms with E-state index in [4.69, 9.17) is 0 Å². The zero-order chi connectivity index (χ0) is 18.2. The van der Waals surface area contributed by atoms with Gasteiger partial charge in [0.25, 0.3) is 5.91 Å². The highest BCUT2D eigenvalue weighted by molar-refractivity contribution is 7.12. The lowest BCUT2D eigenvalue weighted by molar-refractivity contribution is 0.0935. The average molecular weight is 379 g/mol. The Morgan fingerprint density at radius 1 is 1.19 bits per heavy atom. The van der Waals surface area contributed by atoms with Crippen LogP contribution in [0, 0.1) is 0 Å². The quantitative estimate of drug-likeness (QED) is 0.749. The molecule has 0 saturated heterocycles. The van der Waals surface area contributed by atoms with Crippen molar-refractivity contribution in [3.8, 4) is 5.82 Å². The number of aromatic nitrogens is 3. The highest BCUT2D eigenvalue weighted by atomic mass is 32.1. The van der Waals surface area contributed by atoms with Crippen molar-refractivity contribution in [1.82, 2.24) is 20.1 Å². The minimum absolute atomic E-state index is 0.0278. The van der Waals surface area contributed by atoms with Gasteiger partial charge in [-0.15, -0.1) is 11.3 Å². The molecule has 0 saturated carbocycles. The number of hydrogen-bond donors (Lipinski definition) is 1. The first kappa shape index (κ1) is 16.7. The standard InChI is InChI=1S/C21H22N4OS/c26-21(20-15-7-2-1-6-14(15)13-27-20)24-17-8-5-9-18-16(17)12-23-25(18)19-10-3-4-11-22-19/h3-4,10-13,17H,1-2,5-9H2,(H,24,26). The lowest BCUT2D eigenvalue weighted by atomic mass is 9.92. The van der Waals surface area contributed by atoms with Gasteiger partial charge in [0.1, 0.15) is 0 Å². The summed E-state index contributed by atoms with van der Waals surface area (Å²) in [6, 6.07) is 5.87. The number of aryl methyl sites for hydroxylation is 1. The number of amides is 1. The molecule has 5 rings (SSSR count). The van der Waals surface area contributed by atoms with Crippen molar-refractivity contribution in [3.63, 3.8) is 0 Å². The van der Waals surface area contributed by atoms with Crippen molar-refractivity contribution in [2.45, 2.75) is 51.0 Å². The summed E-state index contributed by atoms with van der Waals surface area (Å²) in [6.45, 7) is 0. The van der Waals surface area contributed by atoms with Gasteiger partial charge in [-0.1, -0.05) is 6.07 Å². The van der Waals surface area contributed by atoms with E-state index in [1.165, 1.54) is 29.7 Å². The highest BCUT2D eigenvalue weighted by Gasteiger charge is 2.28. The van der Waals surface area contributed by atoms with Gasteiger partial charge in [-0.05, 0) is 73.6 Å². The van der Waals surface area contributed by atoms with Gasteiger partial charge < -0.3 is 5.32 Å². The van der Waals surface area contributed by atoms with Gasteiger partial charge >= 0.3 is 0 Å². The molecule has 2 aliphatic carbocycles. The molecular weight excluding hydrogens is 356 g/mol. The van der Waals surface area contributed by atoms with Crippen LogP contribution in [0.15, 0.2) is 36.0 Å². The second-order valence-corrected chi connectivity index (χ2v) is 8.22. The molecule has 3 heterocycles. The number of pyridine rings is 1. The Kier molecular flexibility index (Phi) is 4.28. The molecule has 27 heavy (non-hydrogen) atoms. The van der Waals surface area contributed by atoms with Crippen molar-refractivity contribution in [2.24, 2.45) is 0 Å². The monoisotopic (exact) mass is 378 g/mol. The molecule has 0 radical (unpaired) electrons. The van der Waals surface area contributed by atoms with Gasteiger partial charge in [0.05, 0.1) is 22.8 Å². The molecule has 3 aromatic rings. The van der Waals surface area contributed by atoms with Gasteiger partial charge in [-0.3, -0.25) is 4.79 Å². The Morgan fingerprint density at radius 3 is 3.00 bits per heavy atom. The molecule has 0 aliphatic heterocycles. The molecule has 0 spiro atoms. The average Bonchev–Trinajstić information content (AvgIpc) is 3.34. The summed E-state index contributed by atoms with van der Waals surface area (Å²) in [5.41, 5.74) is 4.96. The smallest absolute Gasteiger partial charge is 0.262 e. The summed E-state index contributed by atoms with van der Waals surface area (Å²) in [5.74, 6) is 0.907. The fraction of sp³-hybridized carbons (Fsp3) is 0.381. The number of carbonyl (C=O) groups is 1. The van der Waals surface area contributed by atoms with Crippen LogP contribution in [0.1, 0.15) is 63.8 Å². The first-order chi connectivity index (χ1) is 13.3. The summed E-state index contributed by atoms with van der Waals surface area (Å²) >= 11 is 1.60. The largest absolute Gasteiger partial charge is 0.344 e. The Labute approximate surface area is 162 Å². The van der Waals surface area contributed by atoms with Gasteiger partial charge in [0.2, 0.25) is 0 Å². The molecule has 0 aromatic carbocycles. The molecule has 6 heteroatoms. The second kappa shape index (κ2) is 6.93. The summed E-state index contributed by atoms with van der Waals surface area (Å²) in [5, 5.41) is 10.0. The number of carbonyl (C=O) groups excluding carboxylic acids is 1. The van der Waals surface area contributed by atoms with Gasteiger partial charge in [-0.2, -0.15) is 5.10 Å². The first-order valence-corrected chi connectivity index (χ1v) is 10.6. The number of hydrogen-bond acceptors (Lipinski definition) is 4. The maximum Gasteiger partial charge on any atom is 0.262 e. The van der Waals surface area contributed by atoms with Crippen LogP contribution in [0.2, 0.25) is 0 Å². The lowest BCUT2D eigenvalue weighted by Gasteiger charge is -2.24. The van der Waals surface area contributed by atoms with E-state index in [0.29, 0.717) is 0 Å². The number of nitrogens with zero attached hydrogens (tertiary/aromatic N) is 3. The van der Waals surface area contributed by atoms with Crippen LogP contribution in [-0.2, 0) is 19.3 Å². The minimum Gasteiger partial charge on any atom is -0.344 e. The number of nitrogens with one attached hydrogen (secondary N) is 1. The van der Waals surface area contributed by atoms with E-state index >= 15 is 0 Å². The topological polar surface area (TPSA) is 59.8 Å². The van der Waals surface area contributed by atoms with E-state index in [-0.39, 0.29) is 11.9 Å². The Morgan fingerprint density at radius 2 is 2.11 bits per heavy atom. The van der Waals surface area contributed by atoms with E-state index in [2.05, 4.69) is 20.8 Å². The van der Waals surface area contributed by atoms with Crippen LogP contribution in [0.4, 0.5) is 0 Å². The predicted molar refractivity (Wildman–Crippen MR) is 105 cm³/mol. The second-order valence-electron chi connectivity index (χ2n) is 7.34. The minimum atomic E-state index is 0.0278. The van der Waals surface area contributed by atoms with E-state index in [0.717, 1.165) is 48.4 Å².